The minimum Gasteiger partial charge on any atom is -0.508 e. The molecular formula is C16H17BrO5. The fourth-order valence-corrected chi connectivity index (χ4v) is 3.43. The summed E-state index contributed by atoms with van der Waals surface area (Å²) >= 11 is 3.31. The molecule has 0 aromatic heterocycles. The molecule has 1 aliphatic carbocycles. The van der Waals surface area contributed by atoms with Crippen molar-refractivity contribution in [1.82, 2.24) is 0 Å². The maximum Gasteiger partial charge on any atom is 0.323 e. The number of rotatable bonds is 2. The summed E-state index contributed by atoms with van der Waals surface area (Å²) in [6.45, 7) is 0. The zero-order valence-electron chi connectivity index (χ0n) is 12.0. The second-order valence-electron chi connectivity index (χ2n) is 5.84. The van der Waals surface area contributed by atoms with Gasteiger partial charge in [-0.3, -0.25) is 9.59 Å². The number of halogens is 1. The molecule has 1 aromatic rings. The van der Waals surface area contributed by atoms with Gasteiger partial charge in [0.2, 0.25) is 0 Å². The Balaban J connectivity index is 1.77. The molecule has 1 saturated carbocycles. The molecule has 0 atom stereocenters. The Bertz CT molecular complexity index is 587. The number of hydrogen-bond acceptors (Lipinski definition) is 5. The Morgan fingerprint density at radius 1 is 1.14 bits per heavy atom. The van der Waals surface area contributed by atoms with Crippen LogP contribution in [0, 0.1) is 5.92 Å². The number of ether oxygens (including phenoxy) is 2. The summed E-state index contributed by atoms with van der Waals surface area (Å²) in [7, 11) is 0. The molecule has 6 heteroatoms. The highest BCUT2D eigenvalue weighted by atomic mass is 79.9. The van der Waals surface area contributed by atoms with Gasteiger partial charge in [-0.1, -0.05) is 22.4 Å². The molecular weight excluding hydrogens is 352 g/mol. The van der Waals surface area contributed by atoms with E-state index in [1.807, 2.05) is 0 Å². The van der Waals surface area contributed by atoms with Gasteiger partial charge in [-0.2, -0.15) is 0 Å². The number of esters is 2. The molecule has 0 bridgehead atoms. The van der Waals surface area contributed by atoms with E-state index in [1.54, 1.807) is 12.1 Å². The Morgan fingerprint density at radius 2 is 1.77 bits per heavy atom. The summed E-state index contributed by atoms with van der Waals surface area (Å²) < 4.78 is 11.7. The first-order valence-corrected chi connectivity index (χ1v) is 8.21. The maximum atomic E-state index is 12.3. The van der Waals surface area contributed by atoms with E-state index < -0.39 is 23.6 Å². The molecule has 1 heterocycles. The predicted octanol–water partition coefficient (Wildman–Crippen LogP) is 3.07. The second-order valence-corrected chi connectivity index (χ2v) is 6.76. The van der Waals surface area contributed by atoms with Crippen LogP contribution >= 0.6 is 15.9 Å². The van der Waals surface area contributed by atoms with Crippen LogP contribution in [-0.2, 0) is 25.5 Å². The van der Waals surface area contributed by atoms with Crippen molar-refractivity contribution in [3.63, 3.8) is 0 Å². The number of carbonyl (C=O) groups excluding carboxylic acids is 2. The average molecular weight is 369 g/mol. The zero-order valence-corrected chi connectivity index (χ0v) is 13.6. The minimum absolute atomic E-state index is 0.0433. The first-order valence-electron chi connectivity index (χ1n) is 7.42. The van der Waals surface area contributed by atoms with Crippen LogP contribution in [-0.4, -0.2) is 22.8 Å². The molecule has 2 fully saturated rings. The van der Waals surface area contributed by atoms with Crippen LogP contribution in [0.15, 0.2) is 22.7 Å². The first kappa shape index (κ1) is 15.3. The van der Waals surface area contributed by atoms with Crippen molar-refractivity contribution in [1.29, 1.82) is 0 Å². The lowest BCUT2D eigenvalue weighted by Gasteiger charge is -2.40. The molecule has 22 heavy (non-hydrogen) atoms. The number of carbonyl (C=O) groups is 2. The van der Waals surface area contributed by atoms with Gasteiger partial charge in [0, 0.05) is 23.7 Å². The number of phenols is 1. The summed E-state index contributed by atoms with van der Waals surface area (Å²) in [4.78, 5) is 24.5. The minimum atomic E-state index is -1.05. The smallest absolute Gasteiger partial charge is 0.323 e. The van der Waals surface area contributed by atoms with E-state index in [0.717, 1.165) is 23.7 Å². The fraction of sp³-hybridized carbons (Fsp3) is 0.500. The Hall–Kier alpha value is -1.56. The Morgan fingerprint density at radius 3 is 2.41 bits per heavy atom. The van der Waals surface area contributed by atoms with Crippen molar-refractivity contribution in [3.8, 4) is 5.75 Å². The van der Waals surface area contributed by atoms with E-state index in [9.17, 15) is 14.7 Å². The van der Waals surface area contributed by atoms with Gasteiger partial charge in [-0.15, -0.1) is 0 Å². The summed E-state index contributed by atoms with van der Waals surface area (Å²) in [6, 6.07) is 4.88. The Labute approximate surface area is 136 Å². The van der Waals surface area contributed by atoms with Crippen LogP contribution in [0.1, 0.15) is 37.7 Å². The van der Waals surface area contributed by atoms with Crippen molar-refractivity contribution < 1.29 is 24.2 Å². The van der Waals surface area contributed by atoms with Crippen molar-refractivity contribution in [2.45, 2.75) is 44.3 Å². The van der Waals surface area contributed by atoms with Crippen LogP contribution in [0.4, 0.5) is 0 Å². The van der Waals surface area contributed by atoms with Gasteiger partial charge in [0.05, 0.1) is 0 Å². The summed E-state index contributed by atoms with van der Waals surface area (Å²) in [5.74, 6) is -3.15. The number of benzene rings is 1. The quantitative estimate of drug-likeness (QED) is 0.641. The second kappa shape index (κ2) is 5.91. The topological polar surface area (TPSA) is 72.8 Å². The SMILES string of the molecule is O=C1OC2(CCCCC2)OC(=O)C1Cc1cc(Br)ccc1O. The third-order valence-corrected chi connectivity index (χ3v) is 4.72. The number of hydrogen-bond donors (Lipinski definition) is 1. The van der Waals surface area contributed by atoms with E-state index >= 15 is 0 Å². The molecule has 0 radical (unpaired) electrons. The van der Waals surface area contributed by atoms with Gasteiger partial charge in [0.15, 0.2) is 5.92 Å². The lowest BCUT2D eigenvalue weighted by molar-refractivity contribution is -0.260. The van der Waals surface area contributed by atoms with E-state index in [1.165, 1.54) is 6.07 Å². The molecule has 1 aromatic carbocycles. The third-order valence-electron chi connectivity index (χ3n) is 4.22. The largest absolute Gasteiger partial charge is 0.508 e. The summed E-state index contributed by atoms with van der Waals surface area (Å²) in [6.07, 6.45) is 4.04. The number of aromatic hydroxyl groups is 1. The van der Waals surface area contributed by atoms with Gasteiger partial charge in [-0.25, -0.2) is 0 Å². The highest BCUT2D eigenvalue weighted by Gasteiger charge is 2.49. The number of phenolic OH excluding ortho intramolecular Hbond substituents is 1. The van der Waals surface area contributed by atoms with Crippen LogP contribution in [0.5, 0.6) is 5.75 Å². The van der Waals surface area contributed by atoms with Crippen molar-refractivity contribution in [3.05, 3.63) is 28.2 Å². The van der Waals surface area contributed by atoms with Crippen molar-refractivity contribution >= 4 is 27.9 Å². The lowest BCUT2D eigenvalue weighted by atomic mass is 9.91. The van der Waals surface area contributed by atoms with Crippen LogP contribution < -0.4 is 0 Å². The Kier molecular flexibility index (Phi) is 4.12. The van der Waals surface area contributed by atoms with Crippen LogP contribution in [0.2, 0.25) is 0 Å². The van der Waals surface area contributed by atoms with Crippen LogP contribution in [0.25, 0.3) is 0 Å². The third kappa shape index (κ3) is 2.97. The molecule has 5 nitrogen and oxygen atoms in total. The first-order chi connectivity index (χ1) is 10.5. The van der Waals surface area contributed by atoms with Gasteiger partial charge in [-0.05, 0) is 36.6 Å². The van der Waals surface area contributed by atoms with Crippen molar-refractivity contribution in [2.24, 2.45) is 5.92 Å². The fourth-order valence-electron chi connectivity index (χ4n) is 3.02. The lowest BCUT2D eigenvalue weighted by Crippen LogP contribution is -2.51. The highest BCUT2D eigenvalue weighted by molar-refractivity contribution is 9.10. The van der Waals surface area contributed by atoms with Crippen molar-refractivity contribution in [2.75, 3.05) is 0 Å². The normalized spacial score (nSPS) is 21.5. The summed E-state index contributed by atoms with van der Waals surface area (Å²) in [5, 5.41) is 9.86. The molecule has 3 rings (SSSR count). The van der Waals surface area contributed by atoms with Crippen LogP contribution in [0.3, 0.4) is 0 Å². The van der Waals surface area contributed by atoms with Gasteiger partial charge >= 0.3 is 11.9 Å². The predicted molar refractivity (Wildman–Crippen MR) is 81.0 cm³/mol. The van der Waals surface area contributed by atoms with E-state index in [-0.39, 0.29) is 12.2 Å². The summed E-state index contributed by atoms with van der Waals surface area (Å²) in [5.41, 5.74) is 0.507. The van der Waals surface area contributed by atoms with E-state index in [0.29, 0.717) is 18.4 Å². The maximum absolute atomic E-state index is 12.3. The zero-order chi connectivity index (χ0) is 15.7. The van der Waals surface area contributed by atoms with E-state index in [4.69, 9.17) is 9.47 Å². The van der Waals surface area contributed by atoms with E-state index in [2.05, 4.69) is 15.9 Å². The van der Waals surface area contributed by atoms with Gasteiger partial charge in [0.1, 0.15) is 5.75 Å². The van der Waals surface area contributed by atoms with Gasteiger partial charge in [0.25, 0.3) is 5.79 Å². The van der Waals surface area contributed by atoms with Gasteiger partial charge < -0.3 is 14.6 Å². The molecule has 0 amide bonds. The molecule has 118 valence electrons. The molecule has 1 aliphatic heterocycles. The molecule has 1 spiro atoms. The highest BCUT2D eigenvalue weighted by Crippen LogP contribution is 2.38. The standard InChI is InChI=1S/C16H17BrO5/c17-11-4-5-13(18)10(8-11)9-12-14(19)21-16(22-15(12)20)6-2-1-3-7-16/h4-5,8,12,18H,1-3,6-7,9H2. The average Bonchev–Trinajstić information content (AvgIpc) is 2.47. The molecule has 2 aliphatic rings. The molecule has 1 N–H and O–H groups in total. The molecule has 0 unspecified atom stereocenters. The molecule has 1 saturated heterocycles. The monoisotopic (exact) mass is 368 g/mol.